The summed E-state index contributed by atoms with van der Waals surface area (Å²) in [6, 6.07) is 7.94. The molecule has 1 saturated heterocycles. The van der Waals surface area contributed by atoms with Crippen molar-refractivity contribution in [3.05, 3.63) is 42.2 Å². The Bertz CT molecular complexity index is 694. The number of hydrogen-bond acceptors (Lipinski definition) is 6. The van der Waals surface area contributed by atoms with Crippen LogP contribution in [0.25, 0.3) is 0 Å². The Morgan fingerprint density at radius 2 is 1.96 bits per heavy atom. The van der Waals surface area contributed by atoms with Gasteiger partial charge in [0.15, 0.2) is 0 Å². The first-order chi connectivity index (χ1) is 12.1. The average Bonchev–Trinajstić information content (AvgIpc) is 3.14. The highest BCUT2D eigenvalue weighted by Gasteiger charge is 2.17. The van der Waals surface area contributed by atoms with Crippen LogP contribution in [0.15, 0.2) is 36.7 Å². The first-order valence-corrected chi connectivity index (χ1v) is 8.38. The van der Waals surface area contributed by atoms with Crippen molar-refractivity contribution in [2.24, 2.45) is 0 Å². The van der Waals surface area contributed by atoms with Crippen LogP contribution in [-0.2, 0) is 4.74 Å². The Balaban J connectivity index is 1.55. The molecule has 132 valence electrons. The summed E-state index contributed by atoms with van der Waals surface area (Å²) in [5.74, 6) is 0.269. The van der Waals surface area contributed by atoms with Gasteiger partial charge in [-0.1, -0.05) is 0 Å². The molecule has 1 aromatic heterocycles. The lowest BCUT2D eigenvalue weighted by Crippen LogP contribution is -2.31. The second kappa shape index (κ2) is 7.94. The van der Waals surface area contributed by atoms with Gasteiger partial charge in [-0.2, -0.15) is 0 Å². The SMILES string of the molecule is CN(C)c1ccc(Nc2ncc(C(=O)NCC3CCCO3)cn2)cc1. The molecule has 7 nitrogen and oxygen atoms in total. The fourth-order valence-corrected chi connectivity index (χ4v) is 2.60. The zero-order valence-corrected chi connectivity index (χ0v) is 14.5. The average molecular weight is 341 g/mol. The third-order valence-electron chi connectivity index (χ3n) is 4.07. The minimum atomic E-state index is -0.183. The first-order valence-electron chi connectivity index (χ1n) is 8.38. The number of aromatic nitrogens is 2. The molecule has 7 heteroatoms. The van der Waals surface area contributed by atoms with Crippen molar-refractivity contribution in [2.75, 3.05) is 37.5 Å². The largest absolute Gasteiger partial charge is 0.378 e. The third-order valence-corrected chi connectivity index (χ3v) is 4.07. The molecule has 1 aromatic carbocycles. The Labute approximate surface area is 147 Å². The van der Waals surface area contributed by atoms with Gasteiger partial charge in [-0.25, -0.2) is 9.97 Å². The van der Waals surface area contributed by atoms with Crippen molar-refractivity contribution in [3.8, 4) is 0 Å². The summed E-state index contributed by atoms with van der Waals surface area (Å²) >= 11 is 0. The van der Waals surface area contributed by atoms with E-state index < -0.39 is 0 Å². The zero-order valence-electron chi connectivity index (χ0n) is 14.5. The third kappa shape index (κ3) is 4.67. The van der Waals surface area contributed by atoms with Crippen molar-refractivity contribution >= 4 is 23.2 Å². The molecule has 0 bridgehead atoms. The van der Waals surface area contributed by atoms with Crippen LogP contribution in [0.2, 0.25) is 0 Å². The second-order valence-electron chi connectivity index (χ2n) is 6.21. The van der Waals surface area contributed by atoms with Crippen LogP contribution >= 0.6 is 0 Å². The van der Waals surface area contributed by atoms with Gasteiger partial charge >= 0.3 is 0 Å². The monoisotopic (exact) mass is 341 g/mol. The number of rotatable bonds is 6. The molecule has 1 amide bonds. The zero-order chi connectivity index (χ0) is 17.6. The van der Waals surface area contributed by atoms with Crippen molar-refractivity contribution < 1.29 is 9.53 Å². The van der Waals surface area contributed by atoms with Gasteiger partial charge in [0.2, 0.25) is 5.95 Å². The van der Waals surface area contributed by atoms with Crippen molar-refractivity contribution in [3.63, 3.8) is 0 Å². The van der Waals surface area contributed by atoms with Gasteiger partial charge < -0.3 is 20.3 Å². The van der Waals surface area contributed by atoms with E-state index in [9.17, 15) is 4.79 Å². The van der Waals surface area contributed by atoms with Gasteiger partial charge in [0.05, 0.1) is 11.7 Å². The van der Waals surface area contributed by atoms with E-state index in [4.69, 9.17) is 4.74 Å². The molecular formula is C18H23N5O2. The summed E-state index contributed by atoms with van der Waals surface area (Å²) in [4.78, 5) is 22.5. The lowest BCUT2D eigenvalue weighted by atomic mass is 10.2. The summed E-state index contributed by atoms with van der Waals surface area (Å²) in [5, 5.41) is 5.98. The van der Waals surface area contributed by atoms with E-state index in [0.717, 1.165) is 30.8 Å². The maximum atomic E-state index is 12.1. The van der Waals surface area contributed by atoms with Gasteiger partial charge in [-0.05, 0) is 37.1 Å². The minimum Gasteiger partial charge on any atom is -0.378 e. The predicted molar refractivity (Wildman–Crippen MR) is 97.4 cm³/mol. The molecule has 0 saturated carbocycles. The highest BCUT2D eigenvalue weighted by molar-refractivity contribution is 5.93. The van der Waals surface area contributed by atoms with E-state index in [1.165, 1.54) is 12.4 Å². The highest BCUT2D eigenvalue weighted by Crippen LogP contribution is 2.18. The van der Waals surface area contributed by atoms with E-state index in [-0.39, 0.29) is 12.0 Å². The summed E-state index contributed by atoms with van der Waals surface area (Å²) in [5.41, 5.74) is 2.44. The normalized spacial score (nSPS) is 16.5. The quantitative estimate of drug-likeness (QED) is 0.838. The molecule has 0 radical (unpaired) electrons. The Kier molecular flexibility index (Phi) is 5.45. The molecule has 0 aliphatic carbocycles. The topological polar surface area (TPSA) is 79.4 Å². The van der Waals surface area contributed by atoms with E-state index >= 15 is 0 Å². The van der Waals surface area contributed by atoms with Crippen LogP contribution in [0.1, 0.15) is 23.2 Å². The lowest BCUT2D eigenvalue weighted by molar-refractivity contribution is 0.0857. The number of benzene rings is 1. The molecule has 2 heterocycles. The minimum absolute atomic E-state index is 0.121. The molecule has 2 aromatic rings. The molecule has 25 heavy (non-hydrogen) atoms. The maximum Gasteiger partial charge on any atom is 0.254 e. The highest BCUT2D eigenvalue weighted by atomic mass is 16.5. The summed E-state index contributed by atoms with van der Waals surface area (Å²) < 4.78 is 5.49. The number of ether oxygens (including phenoxy) is 1. The molecule has 1 atom stereocenters. The van der Waals surface area contributed by atoms with Gasteiger partial charge in [0.1, 0.15) is 0 Å². The number of carbonyl (C=O) groups is 1. The Morgan fingerprint density at radius 3 is 2.56 bits per heavy atom. The van der Waals surface area contributed by atoms with Crippen LogP contribution in [0.4, 0.5) is 17.3 Å². The smallest absolute Gasteiger partial charge is 0.254 e. The lowest BCUT2D eigenvalue weighted by Gasteiger charge is -2.13. The number of hydrogen-bond donors (Lipinski definition) is 2. The molecule has 1 aliphatic rings. The van der Waals surface area contributed by atoms with Crippen LogP contribution in [-0.4, -0.2) is 49.2 Å². The van der Waals surface area contributed by atoms with E-state index in [1.54, 1.807) is 0 Å². The number of amides is 1. The molecular weight excluding hydrogens is 318 g/mol. The standard InChI is InChI=1S/C18H23N5O2/c1-23(2)15-7-5-14(6-8-15)22-18-20-10-13(11-21-18)17(24)19-12-16-4-3-9-25-16/h5-8,10-11,16H,3-4,9,12H2,1-2H3,(H,19,24)(H,20,21,22). The fourth-order valence-electron chi connectivity index (χ4n) is 2.60. The van der Waals surface area contributed by atoms with Crippen molar-refractivity contribution in [1.82, 2.24) is 15.3 Å². The number of anilines is 3. The Morgan fingerprint density at radius 1 is 1.24 bits per heavy atom. The molecule has 0 spiro atoms. The van der Waals surface area contributed by atoms with E-state index in [0.29, 0.717) is 18.1 Å². The van der Waals surface area contributed by atoms with Gasteiger partial charge in [-0.3, -0.25) is 4.79 Å². The molecule has 1 aliphatic heterocycles. The van der Waals surface area contributed by atoms with Crippen LogP contribution in [0.3, 0.4) is 0 Å². The van der Waals surface area contributed by atoms with E-state index in [1.807, 2.05) is 43.3 Å². The van der Waals surface area contributed by atoms with Crippen LogP contribution in [0.5, 0.6) is 0 Å². The second-order valence-corrected chi connectivity index (χ2v) is 6.21. The van der Waals surface area contributed by atoms with Gasteiger partial charge in [0, 0.05) is 51.0 Å². The number of nitrogens with zero attached hydrogens (tertiary/aromatic N) is 3. The summed E-state index contributed by atoms with van der Waals surface area (Å²) in [6.45, 7) is 1.30. The summed E-state index contributed by atoms with van der Waals surface area (Å²) in [6.07, 6.45) is 5.21. The number of nitrogens with one attached hydrogen (secondary N) is 2. The van der Waals surface area contributed by atoms with E-state index in [2.05, 4.69) is 20.6 Å². The fraction of sp³-hybridized carbons (Fsp3) is 0.389. The number of carbonyl (C=O) groups excluding carboxylic acids is 1. The van der Waals surface area contributed by atoms with Gasteiger partial charge in [-0.15, -0.1) is 0 Å². The summed E-state index contributed by atoms with van der Waals surface area (Å²) in [7, 11) is 3.99. The van der Waals surface area contributed by atoms with Crippen LogP contribution < -0.4 is 15.5 Å². The molecule has 1 fully saturated rings. The Hall–Kier alpha value is -2.67. The van der Waals surface area contributed by atoms with Gasteiger partial charge in [0.25, 0.3) is 5.91 Å². The van der Waals surface area contributed by atoms with Crippen molar-refractivity contribution in [1.29, 1.82) is 0 Å². The predicted octanol–water partition coefficient (Wildman–Crippen LogP) is 2.20. The van der Waals surface area contributed by atoms with Crippen LogP contribution in [0, 0.1) is 0 Å². The molecule has 3 rings (SSSR count). The molecule has 1 unspecified atom stereocenters. The maximum absolute atomic E-state index is 12.1. The van der Waals surface area contributed by atoms with Crippen molar-refractivity contribution in [2.45, 2.75) is 18.9 Å². The molecule has 2 N–H and O–H groups in total. The first kappa shape index (κ1) is 17.2.